The van der Waals surface area contributed by atoms with Crippen LogP contribution in [0.1, 0.15) is 18.4 Å². The molecule has 1 aliphatic rings. The second kappa shape index (κ2) is 8.53. The molecule has 1 atom stereocenters. The van der Waals surface area contributed by atoms with Crippen LogP contribution in [0.15, 0.2) is 59.7 Å². The van der Waals surface area contributed by atoms with Gasteiger partial charge in [-0.3, -0.25) is 9.36 Å². The number of ether oxygens (including phenoxy) is 2. The minimum atomic E-state index is -0.0988. The number of benzene rings is 2. The molecular weight excluding hydrogens is 430 g/mol. The molecule has 2 aromatic carbocycles. The van der Waals surface area contributed by atoms with Gasteiger partial charge in [0.1, 0.15) is 16.7 Å². The third kappa shape index (κ3) is 3.60. The van der Waals surface area contributed by atoms with E-state index in [1.807, 2.05) is 41.0 Å². The number of hydrogen-bond acceptors (Lipinski definition) is 6. The van der Waals surface area contributed by atoms with Gasteiger partial charge in [0.2, 0.25) is 0 Å². The highest BCUT2D eigenvalue weighted by molar-refractivity contribution is 6.04. The molecule has 172 valence electrons. The molecule has 8 heteroatoms. The first-order valence-electron chi connectivity index (χ1n) is 11.6. The predicted molar refractivity (Wildman–Crippen MR) is 130 cm³/mol. The van der Waals surface area contributed by atoms with Crippen LogP contribution in [-0.4, -0.2) is 43.9 Å². The molecule has 4 heterocycles. The lowest BCUT2D eigenvalue weighted by Crippen LogP contribution is -2.26. The first kappa shape index (κ1) is 20.8. The van der Waals surface area contributed by atoms with E-state index in [4.69, 9.17) is 24.4 Å². The normalized spacial score (nSPS) is 16.1. The maximum atomic E-state index is 13.6. The Morgan fingerprint density at radius 3 is 2.59 bits per heavy atom. The second-order valence-electron chi connectivity index (χ2n) is 8.67. The zero-order chi connectivity index (χ0) is 23.1. The van der Waals surface area contributed by atoms with Gasteiger partial charge in [-0.15, -0.1) is 0 Å². The van der Waals surface area contributed by atoms with Gasteiger partial charge in [0, 0.05) is 13.2 Å². The maximum Gasteiger partial charge on any atom is 0.265 e. The molecule has 1 unspecified atom stereocenters. The van der Waals surface area contributed by atoms with Crippen molar-refractivity contribution < 1.29 is 9.47 Å². The van der Waals surface area contributed by atoms with Crippen molar-refractivity contribution in [3.8, 4) is 5.75 Å². The summed E-state index contributed by atoms with van der Waals surface area (Å²) in [7, 11) is 1.66. The zero-order valence-corrected chi connectivity index (χ0v) is 19.0. The highest BCUT2D eigenvalue weighted by Crippen LogP contribution is 2.26. The summed E-state index contributed by atoms with van der Waals surface area (Å²) in [5.74, 6) is 0.825. The van der Waals surface area contributed by atoms with Crippen LogP contribution in [0, 0.1) is 0 Å². The first-order chi connectivity index (χ1) is 16.7. The van der Waals surface area contributed by atoms with Crippen molar-refractivity contribution in [2.24, 2.45) is 0 Å². The third-order valence-electron chi connectivity index (χ3n) is 6.53. The molecular formula is C26H25N5O3. The standard InChI is InChI=1S/C26H25N5O3/c1-33-18-10-8-17(9-11-18)12-13-31-24-22(23-25(31)29-21-7-3-2-6-20(21)28-23)26(32)30(16-27-24)15-19-5-4-14-34-19/h2-3,6-11,16,19H,4-5,12-15H2,1H3. The molecule has 6 rings (SSSR count). The van der Waals surface area contributed by atoms with Crippen LogP contribution in [0.3, 0.4) is 0 Å². The van der Waals surface area contributed by atoms with Crippen molar-refractivity contribution in [1.82, 2.24) is 24.1 Å². The summed E-state index contributed by atoms with van der Waals surface area (Å²) in [6.07, 6.45) is 4.43. The van der Waals surface area contributed by atoms with Crippen LogP contribution < -0.4 is 10.3 Å². The molecule has 0 bridgehead atoms. The Morgan fingerprint density at radius 1 is 1.06 bits per heavy atom. The fraction of sp³-hybridized carbons (Fsp3) is 0.308. The van der Waals surface area contributed by atoms with Gasteiger partial charge in [0.25, 0.3) is 5.56 Å². The van der Waals surface area contributed by atoms with Crippen molar-refractivity contribution in [1.29, 1.82) is 0 Å². The molecule has 34 heavy (non-hydrogen) atoms. The van der Waals surface area contributed by atoms with E-state index >= 15 is 0 Å². The van der Waals surface area contributed by atoms with Crippen LogP contribution in [0.5, 0.6) is 5.75 Å². The number of aryl methyl sites for hydroxylation is 2. The smallest absolute Gasteiger partial charge is 0.265 e. The van der Waals surface area contributed by atoms with Gasteiger partial charge in [-0.05, 0) is 49.1 Å². The summed E-state index contributed by atoms with van der Waals surface area (Å²) < 4.78 is 14.7. The SMILES string of the molecule is COc1ccc(CCn2c3nc4ccccc4nc3c3c(=O)n(CC4CCCO4)cnc32)cc1. The van der Waals surface area contributed by atoms with E-state index in [-0.39, 0.29) is 11.7 Å². The lowest BCUT2D eigenvalue weighted by atomic mass is 10.1. The molecule has 0 saturated carbocycles. The molecule has 0 N–H and O–H groups in total. The van der Waals surface area contributed by atoms with Crippen molar-refractivity contribution in [2.75, 3.05) is 13.7 Å². The summed E-state index contributed by atoms with van der Waals surface area (Å²) in [6, 6.07) is 15.7. The molecule has 1 aliphatic heterocycles. The van der Waals surface area contributed by atoms with E-state index in [0.717, 1.165) is 48.2 Å². The monoisotopic (exact) mass is 455 g/mol. The van der Waals surface area contributed by atoms with Crippen molar-refractivity contribution >= 4 is 33.2 Å². The van der Waals surface area contributed by atoms with Gasteiger partial charge in [-0.25, -0.2) is 15.0 Å². The van der Waals surface area contributed by atoms with Gasteiger partial charge >= 0.3 is 0 Å². The van der Waals surface area contributed by atoms with Gasteiger partial charge in [0.05, 0.1) is 37.1 Å². The highest BCUT2D eigenvalue weighted by atomic mass is 16.5. The van der Waals surface area contributed by atoms with Crippen LogP contribution in [-0.2, 0) is 24.2 Å². The molecule has 0 radical (unpaired) electrons. The van der Waals surface area contributed by atoms with E-state index in [9.17, 15) is 4.79 Å². The summed E-state index contributed by atoms with van der Waals surface area (Å²) in [6.45, 7) is 1.88. The summed E-state index contributed by atoms with van der Waals surface area (Å²) in [5, 5.41) is 0.517. The quantitative estimate of drug-likeness (QED) is 0.388. The molecule has 1 saturated heterocycles. The Labute approximate surface area is 195 Å². The number of hydrogen-bond donors (Lipinski definition) is 0. The maximum absolute atomic E-state index is 13.6. The Hall–Kier alpha value is -3.78. The molecule has 0 spiro atoms. The molecule has 5 aromatic rings. The van der Waals surface area contributed by atoms with E-state index in [0.29, 0.717) is 35.3 Å². The number of aromatic nitrogens is 5. The largest absolute Gasteiger partial charge is 0.497 e. The van der Waals surface area contributed by atoms with Crippen LogP contribution in [0.2, 0.25) is 0 Å². The van der Waals surface area contributed by atoms with Crippen LogP contribution in [0.25, 0.3) is 33.2 Å². The lowest BCUT2D eigenvalue weighted by molar-refractivity contribution is 0.0960. The number of nitrogens with zero attached hydrogens (tertiary/aromatic N) is 5. The number of rotatable bonds is 6. The molecule has 3 aromatic heterocycles. The van der Waals surface area contributed by atoms with Crippen molar-refractivity contribution in [3.63, 3.8) is 0 Å². The molecule has 0 amide bonds. The first-order valence-corrected chi connectivity index (χ1v) is 11.6. The van der Waals surface area contributed by atoms with Gasteiger partial charge in [-0.2, -0.15) is 0 Å². The highest BCUT2D eigenvalue weighted by Gasteiger charge is 2.22. The Bertz CT molecular complexity index is 1550. The van der Waals surface area contributed by atoms with Gasteiger partial charge in [-0.1, -0.05) is 24.3 Å². The summed E-state index contributed by atoms with van der Waals surface area (Å²) in [4.78, 5) is 28.1. The lowest BCUT2D eigenvalue weighted by Gasteiger charge is -2.11. The Balaban J connectivity index is 1.49. The van der Waals surface area contributed by atoms with Gasteiger partial charge in [0.15, 0.2) is 11.3 Å². The van der Waals surface area contributed by atoms with Crippen molar-refractivity contribution in [3.05, 3.63) is 70.8 Å². The number of para-hydroxylation sites is 2. The Kier molecular flexibility index (Phi) is 5.22. The van der Waals surface area contributed by atoms with Gasteiger partial charge < -0.3 is 14.0 Å². The minimum absolute atomic E-state index is 0.0484. The summed E-state index contributed by atoms with van der Waals surface area (Å²) in [5.41, 5.74) is 4.52. The number of methoxy groups -OCH3 is 1. The average Bonchev–Trinajstić information content (AvgIpc) is 3.49. The second-order valence-corrected chi connectivity index (χ2v) is 8.67. The fourth-order valence-corrected chi connectivity index (χ4v) is 4.72. The molecule has 1 fully saturated rings. The zero-order valence-electron chi connectivity index (χ0n) is 19.0. The molecule has 8 nitrogen and oxygen atoms in total. The van der Waals surface area contributed by atoms with E-state index in [2.05, 4.69) is 12.1 Å². The van der Waals surface area contributed by atoms with E-state index < -0.39 is 0 Å². The fourth-order valence-electron chi connectivity index (χ4n) is 4.72. The van der Waals surface area contributed by atoms with E-state index in [1.165, 1.54) is 0 Å². The average molecular weight is 456 g/mol. The van der Waals surface area contributed by atoms with Crippen LogP contribution in [0.4, 0.5) is 0 Å². The minimum Gasteiger partial charge on any atom is -0.497 e. The Morgan fingerprint density at radius 2 is 1.85 bits per heavy atom. The van der Waals surface area contributed by atoms with E-state index in [1.54, 1.807) is 18.0 Å². The molecule has 0 aliphatic carbocycles. The van der Waals surface area contributed by atoms with Crippen LogP contribution >= 0.6 is 0 Å². The van der Waals surface area contributed by atoms with Crippen molar-refractivity contribution in [2.45, 2.75) is 38.5 Å². The predicted octanol–water partition coefficient (Wildman–Crippen LogP) is 3.72. The third-order valence-corrected chi connectivity index (χ3v) is 6.53. The number of fused-ring (bicyclic) bond motifs is 4. The summed E-state index contributed by atoms with van der Waals surface area (Å²) >= 11 is 0. The topological polar surface area (TPSA) is 84.1 Å².